The number of carbonyl (C=O) groups excluding carboxylic acids is 3. The fourth-order valence-electron chi connectivity index (χ4n) is 7.16. The molecule has 214 valence electrons. The fourth-order valence-corrected chi connectivity index (χ4v) is 7.44. The molecule has 0 aromatic heterocycles. The number of Topliss-reactive ketones (excluding diaryl/α,β-unsaturated/α-hetero) is 2. The minimum Gasteiger partial charge on any atom is -0.507 e. The van der Waals surface area contributed by atoms with Gasteiger partial charge in [-0.15, -0.1) is 0 Å². The van der Waals surface area contributed by atoms with E-state index in [0.717, 1.165) is 18.2 Å². The Morgan fingerprint density at radius 2 is 1.77 bits per heavy atom. The summed E-state index contributed by atoms with van der Waals surface area (Å²) in [5.74, 6) is -9.65. The second-order valence-corrected chi connectivity index (χ2v) is 12.8. The third-order valence-electron chi connectivity index (χ3n) is 9.16. The summed E-state index contributed by atoms with van der Waals surface area (Å²) in [4.78, 5) is 41.2. The molecule has 10 nitrogen and oxygen atoms in total. The van der Waals surface area contributed by atoms with Crippen LogP contribution in [0.15, 0.2) is 17.7 Å². The lowest BCUT2D eigenvalue weighted by molar-refractivity contribution is -0.199. The van der Waals surface area contributed by atoms with Crippen LogP contribution in [0.5, 0.6) is 5.75 Å². The minimum atomic E-state index is -2.94. The number of nitrogens with two attached hydrogens (primary N) is 1. The molecule has 0 bridgehead atoms. The van der Waals surface area contributed by atoms with E-state index in [4.69, 9.17) is 5.73 Å². The first-order valence-electron chi connectivity index (χ1n) is 13.0. The van der Waals surface area contributed by atoms with Gasteiger partial charge in [0.05, 0.1) is 17.8 Å². The van der Waals surface area contributed by atoms with Crippen LogP contribution in [0.25, 0.3) is 5.76 Å². The Morgan fingerprint density at radius 1 is 1.15 bits per heavy atom. The number of primary amides is 1. The van der Waals surface area contributed by atoms with Crippen molar-refractivity contribution in [1.29, 1.82) is 0 Å². The number of likely N-dealkylation sites (N-methyl/N-ethyl adjacent to an activating group) is 1. The van der Waals surface area contributed by atoms with E-state index in [2.05, 4.69) is 15.9 Å². The van der Waals surface area contributed by atoms with Crippen LogP contribution in [-0.4, -0.2) is 91.2 Å². The second-order valence-electron chi connectivity index (χ2n) is 12.0. The lowest BCUT2D eigenvalue weighted by Gasteiger charge is -2.56. The molecule has 8 atom stereocenters. The predicted molar refractivity (Wildman–Crippen MR) is 146 cm³/mol. The van der Waals surface area contributed by atoms with Gasteiger partial charge in [-0.2, -0.15) is 0 Å². The summed E-state index contributed by atoms with van der Waals surface area (Å²) in [5.41, 5.74) is 2.66. The maximum atomic E-state index is 14.1. The van der Waals surface area contributed by atoms with Gasteiger partial charge in [-0.25, -0.2) is 0 Å². The molecule has 0 saturated heterocycles. The zero-order chi connectivity index (χ0) is 29.4. The van der Waals surface area contributed by atoms with E-state index >= 15 is 0 Å². The van der Waals surface area contributed by atoms with Gasteiger partial charge in [0, 0.05) is 34.3 Å². The van der Waals surface area contributed by atoms with Crippen LogP contribution >= 0.6 is 15.9 Å². The van der Waals surface area contributed by atoms with Crippen molar-refractivity contribution in [1.82, 2.24) is 4.90 Å². The van der Waals surface area contributed by atoms with Gasteiger partial charge in [0.1, 0.15) is 17.4 Å². The van der Waals surface area contributed by atoms with Crippen LogP contribution in [0.4, 0.5) is 0 Å². The molecule has 1 aromatic carbocycles. The number of ketones is 2. The van der Waals surface area contributed by atoms with Crippen molar-refractivity contribution in [2.24, 2.45) is 23.5 Å². The Bertz CT molecular complexity index is 1260. The lowest BCUT2D eigenvalue weighted by atomic mass is 9.51. The van der Waals surface area contributed by atoms with E-state index < -0.39 is 81.7 Å². The van der Waals surface area contributed by atoms with Gasteiger partial charge in [0.2, 0.25) is 11.7 Å². The van der Waals surface area contributed by atoms with Gasteiger partial charge < -0.3 is 36.2 Å². The predicted octanol–water partition coefficient (Wildman–Crippen LogP) is 1.11. The highest BCUT2D eigenvalue weighted by molar-refractivity contribution is 9.09. The normalized spacial score (nSPS) is 34.6. The number of rotatable bonds is 6. The fraction of sp³-hybridized carbons (Fsp3) is 0.607. The number of carbonyl (C=O) groups is 3. The smallest absolute Gasteiger partial charge is 0.230 e. The Labute approximate surface area is 235 Å². The molecule has 1 amide bonds. The number of aliphatic hydroxyl groups excluding tert-OH is 3. The maximum Gasteiger partial charge on any atom is 0.230 e. The first kappa shape index (κ1) is 29.7. The molecule has 3 aliphatic carbocycles. The zero-order valence-electron chi connectivity index (χ0n) is 22.7. The number of hydrogen-bond donors (Lipinski definition) is 6. The molecule has 4 rings (SSSR count). The molecule has 2 fully saturated rings. The molecule has 7 N–H and O–H groups in total. The highest BCUT2D eigenvalue weighted by atomic mass is 79.9. The van der Waals surface area contributed by atoms with Crippen LogP contribution in [-0.2, 0) is 19.8 Å². The largest absolute Gasteiger partial charge is 0.507 e. The third-order valence-corrected chi connectivity index (χ3v) is 9.72. The number of benzene rings is 1. The molecule has 0 radical (unpaired) electrons. The number of halogens is 1. The van der Waals surface area contributed by atoms with Gasteiger partial charge in [-0.1, -0.05) is 48.8 Å². The number of nitrogens with zero attached hydrogens (tertiary/aromatic N) is 1. The highest BCUT2D eigenvalue weighted by Gasteiger charge is 2.71. The Kier molecular flexibility index (Phi) is 7.57. The molecule has 3 aliphatic rings. The van der Waals surface area contributed by atoms with E-state index in [9.17, 15) is 39.9 Å². The van der Waals surface area contributed by atoms with E-state index in [1.807, 2.05) is 13.8 Å². The van der Waals surface area contributed by atoms with Crippen LogP contribution in [0.2, 0.25) is 0 Å². The molecule has 2 unspecified atom stereocenters. The summed E-state index contributed by atoms with van der Waals surface area (Å²) in [5, 5.41) is 58.1. The van der Waals surface area contributed by atoms with E-state index in [0.29, 0.717) is 11.1 Å². The molecule has 0 aliphatic heterocycles. The Hall–Kier alpha value is -2.31. The Morgan fingerprint density at radius 3 is 2.31 bits per heavy atom. The van der Waals surface area contributed by atoms with Crippen LogP contribution < -0.4 is 5.73 Å². The lowest BCUT2D eigenvalue weighted by Crippen LogP contribution is -2.76. The number of phenols is 1. The van der Waals surface area contributed by atoms with Crippen LogP contribution in [0, 0.1) is 17.8 Å². The molecule has 0 heterocycles. The number of hydrogen-bond acceptors (Lipinski definition) is 9. The SMILES string of the molecule is C[C@H]1c2ccc(C(C)(C)CCCBr)c(O)c2C(O)=C2C(=O)[C@]3(O)C(=O)C(C(N)=O)C(O)[C@@H](N(C)C)[C@@H]3[C@@H](O)[C@@H]21. The molecule has 11 heteroatoms. The monoisotopic (exact) mass is 608 g/mol. The van der Waals surface area contributed by atoms with Crippen molar-refractivity contribution in [2.45, 2.75) is 68.8 Å². The van der Waals surface area contributed by atoms with E-state index in [1.54, 1.807) is 19.1 Å². The average molecular weight is 610 g/mol. The average Bonchev–Trinajstić information content (AvgIpc) is 2.84. The number of aliphatic hydroxyl groups is 4. The first-order chi connectivity index (χ1) is 18.0. The summed E-state index contributed by atoms with van der Waals surface area (Å²) in [6.07, 6.45) is -1.71. The highest BCUT2D eigenvalue weighted by Crippen LogP contribution is 2.56. The third kappa shape index (κ3) is 4.08. The van der Waals surface area contributed by atoms with Gasteiger partial charge in [0.25, 0.3) is 0 Å². The van der Waals surface area contributed by atoms with Crippen molar-refractivity contribution < 1.29 is 39.9 Å². The summed E-state index contributed by atoms with van der Waals surface area (Å²) < 4.78 is 0. The molecule has 39 heavy (non-hydrogen) atoms. The van der Waals surface area contributed by atoms with E-state index in [-0.39, 0.29) is 11.3 Å². The van der Waals surface area contributed by atoms with Gasteiger partial charge in [-0.05, 0) is 43.8 Å². The first-order valence-corrected chi connectivity index (χ1v) is 14.2. The molecular weight excluding hydrogens is 572 g/mol. The standard InChI is InChI=1S/C28H37BrN2O8/c1-11-12-7-8-13(27(2,3)9-6-10-29)20(32)15(12)21(33)16-14(11)22(34)18-19(31(4)5)23(35)17(26(30)38)25(37)28(18,39)24(16)36/h7-8,11,14,17-19,22-23,32-35,39H,6,9-10H2,1-5H3,(H2,30,38)/t11-,14+,17?,18+,19-,22-,23?,28-/m0/s1. The number of alkyl halides is 1. The van der Waals surface area contributed by atoms with Crippen molar-refractivity contribution in [3.8, 4) is 5.75 Å². The Balaban J connectivity index is 1.96. The number of phenolic OH excluding ortho intramolecular Hbond substituents is 1. The van der Waals surface area contributed by atoms with Crippen LogP contribution in [0.1, 0.15) is 56.2 Å². The second kappa shape index (κ2) is 9.95. The number of aromatic hydroxyl groups is 1. The topological polar surface area (TPSA) is 182 Å². The summed E-state index contributed by atoms with van der Waals surface area (Å²) in [7, 11) is 3.05. The summed E-state index contributed by atoms with van der Waals surface area (Å²) in [6, 6.07) is 2.34. The zero-order valence-corrected chi connectivity index (χ0v) is 24.3. The van der Waals surface area contributed by atoms with Crippen molar-refractivity contribution in [3.63, 3.8) is 0 Å². The van der Waals surface area contributed by atoms with Crippen LogP contribution in [0.3, 0.4) is 0 Å². The number of fused-ring (bicyclic) bond motifs is 3. The summed E-state index contributed by atoms with van der Waals surface area (Å²) >= 11 is 3.42. The van der Waals surface area contributed by atoms with Gasteiger partial charge >= 0.3 is 0 Å². The van der Waals surface area contributed by atoms with Crippen molar-refractivity contribution in [3.05, 3.63) is 34.4 Å². The van der Waals surface area contributed by atoms with Gasteiger partial charge in [-0.3, -0.25) is 14.4 Å². The maximum absolute atomic E-state index is 14.1. The molecule has 2 saturated carbocycles. The molecule has 0 spiro atoms. The van der Waals surface area contributed by atoms with E-state index in [1.165, 1.54) is 19.0 Å². The quantitative estimate of drug-likeness (QED) is 0.203. The van der Waals surface area contributed by atoms with Crippen molar-refractivity contribution >= 4 is 39.2 Å². The van der Waals surface area contributed by atoms with Gasteiger partial charge in [0.15, 0.2) is 11.4 Å². The number of amides is 1. The summed E-state index contributed by atoms with van der Waals surface area (Å²) in [6.45, 7) is 5.64. The molecule has 1 aromatic rings. The minimum absolute atomic E-state index is 0.0136. The molecular formula is C28H37BrN2O8. The van der Waals surface area contributed by atoms with Crippen molar-refractivity contribution in [2.75, 3.05) is 19.4 Å².